The van der Waals surface area contributed by atoms with Gasteiger partial charge in [-0.15, -0.1) is 0 Å². The first kappa shape index (κ1) is 8.20. The van der Waals surface area contributed by atoms with Gasteiger partial charge >= 0.3 is 0 Å². The molecule has 0 saturated carbocycles. The summed E-state index contributed by atoms with van der Waals surface area (Å²) >= 11 is 0. The molecule has 2 rings (SSSR count). The fraction of sp³-hybridized carbons (Fsp3) is 0.182. The van der Waals surface area contributed by atoms with Gasteiger partial charge in [-0.3, -0.25) is 4.79 Å². The van der Waals surface area contributed by atoms with Gasteiger partial charge in [-0.1, -0.05) is 30.3 Å². The van der Waals surface area contributed by atoms with E-state index in [0.29, 0.717) is 0 Å². The van der Waals surface area contributed by atoms with Crippen molar-refractivity contribution >= 4 is 6.29 Å². The zero-order chi connectivity index (χ0) is 9.10. The van der Waals surface area contributed by atoms with E-state index in [4.69, 9.17) is 4.74 Å². The maximum Gasteiger partial charge on any atom is 0.142 e. The molecule has 1 heterocycles. The third-order valence-electron chi connectivity index (χ3n) is 2.03. The molecule has 1 aliphatic rings. The van der Waals surface area contributed by atoms with Gasteiger partial charge in [-0.25, -0.2) is 0 Å². The van der Waals surface area contributed by atoms with E-state index in [0.717, 1.165) is 6.29 Å². The van der Waals surface area contributed by atoms with Gasteiger partial charge in [0.2, 0.25) is 0 Å². The Kier molecular flexibility index (Phi) is 2.23. The summed E-state index contributed by atoms with van der Waals surface area (Å²) in [5, 5.41) is 0. The fourth-order valence-electron chi connectivity index (χ4n) is 1.34. The van der Waals surface area contributed by atoms with Crippen LogP contribution in [0.5, 0.6) is 0 Å². The Labute approximate surface area is 76.8 Å². The number of aldehydes is 1. The van der Waals surface area contributed by atoms with Crippen LogP contribution in [0.3, 0.4) is 0 Å². The number of carbonyl (C=O) groups excluding carboxylic acids is 1. The van der Waals surface area contributed by atoms with Gasteiger partial charge < -0.3 is 4.74 Å². The monoisotopic (exact) mass is 174 g/mol. The van der Waals surface area contributed by atoms with Gasteiger partial charge in [-0.2, -0.15) is 0 Å². The Morgan fingerprint density at radius 1 is 1.23 bits per heavy atom. The van der Waals surface area contributed by atoms with Gasteiger partial charge in [0.1, 0.15) is 18.5 Å². The Morgan fingerprint density at radius 3 is 2.69 bits per heavy atom. The zero-order valence-corrected chi connectivity index (χ0v) is 7.09. The van der Waals surface area contributed by atoms with Gasteiger partial charge in [0.15, 0.2) is 0 Å². The highest BCUT2D eigenvalue weighted by Gasteiger charge is 2.37. The topological polar surface area (TPSA) is 29.6 Å². The van der Waals surface area contributed by atoms with Crippen molar-refractivity contribution in [2.45, 2.75) is 12.2 Å². The Bertz CT molecular complexity index is 316. The lowest BCUT2D eigenvalue weighted by atomic mass is 10.1. The molecule has 2 heteroatoms. The number of hydrogen-bond donors (Lipinski definition) is 0. The first-order valence-corrected chi connectivity index (χ1v) is 4.24. The summed E-state index contributed by atoms with van der Waals surface area (Å²) in [6.45, 7) is 0. The maximum absolute atomic E-state index is 10.0. The van der Waals surface area contributed by atoms with Crippen LogP contribution < -0.4 is 0 Å². The van der Waals surface area contributed by atoms with Gasteiger partial charge in [-0.05, 0) is 17.7 Å². The molecule has 0 amide bonds. The third-order valence-corrected chi connectivity index (χ3v) is 2.03. The van der Waals surface area contributed by atoms with Crippen LogP contribution in [0.25, 0.3) is 0 Å². The molecular formula is C11H10O2. The van der Waals surface area contributed by atoms with Crippen molar-refractivity contribution in [1.29, 1.82) is 0 Å². The molecule has 0 aliphatic carbocycles. The van der Waals surface area contributed by atoms with Gasteiger partial charge in [0.05, 0.1) is 0 Å². The highest BCUT2D eigenvalue weighted by Crippen LogP contribution is 2.39. The molecule has 66 valence electrons. The summed E-state index contributed by atoms with van der Waals surface area (Å²) in [4.78, 5) is 10.0. The molecule has 0 bridgehead atoms. The number of carbonyl (C=O) groups is 1. The van der Waals surface area contributed by atoms with Crippen molar-refractivity contribution in [1.82, 2.24) is 0 Å². The number of rotatable bonds is 3. The lowest BCUT2D eigenvalue weighted by Gasteiger charge is -1.91. The predicted molar refractivity (Wildman–Crippen MR) is 49.3 cm³/mol. The standard InChI is InChI=1S/C11H10O2/c12-8-4-7-10-11(13-10)9-5-2-1-3-6-9/h1-8,10-11H/b7-4+/t10-,11-/m0/s1. The predicted octanol–water partition coefficient (Wildman–Crippen LogP) is 1.88. The van der Waals surface area contributed by atoms with Crippen LogP contribution in [0, 0.1) is 0 Å². The van der Waals surface area contributed by atoms with Gasteiger partial charge in [0.25, 0.3) is 0 Å². The lowest BCUT2D eigenvalue weighted by Crippen LogP contribution is -1.83. The molecule has 0 aromatic heterocycles. The molecule has 13 heavy (non-hydrogen) atoms. The molecule has 0 unspecified atom stereocenters. The molecule has 1 aromatic rings. The average molecular weight is 174 g/mol. The van der Waals surface area contributed by atoms with E-state index in [9.17, 15) is 4.79 Å². The number of hydrogen-bond acceptors (Lipinski definition) is 2. The van der Waals surface area contributed by atoms with E-state index in [1.807, 2.05) is 30.3 Å². The van der Waals surface area contributed by atoms with Crippen LogP contribution in [-0.4, -0.2) is 12.4 Å². The summed E-state index contributed by atoms with van der Waals surface area (Å²) in [6.07, 6.45) is 4.27. The van der Waals surface area contributed by atoms with E-state index >= 15 is 0 Å². The second-order valence-electron chi connectivity index (χ2n) is 2.95. The van der Waals surface area contributed by atoms with E-state index in [-0.39, 0.29) is 12.2 Å². The molecular weight excluding hydrogens is 164 g/mol. The molecule has 1 aliphatic heterocycles. The van der Waals surface area contributed by atoms with Crippen LogP contribution in [0.1, 0.15) is 11.7 Å². The minimum Gasteiger partial charge on any atom is -0.360 e. The average Bonchev–Trinajstić information content (AvgIpc) is 2.95. The van der Waals surface area contributed by atoms with E-state index in [2.05, 4.69) is 0 Å². The summed E-state index contributed by atoms with van der Waals surface area (Å²) in [6, 6.07) is 10.00. The van der Waals surface area contributed by atoms with Crippen molar-refractivity contribution < 1.29 is 9.53 Å². The Balaban J connectivity index is 2.00. The highest BCUT2D eigenvalue weighted by atomic mass is 16.6. The second-order valence-corrected chi connectivity index (χ2v) is 2.95. The zero-order valence-electron chi connectivity index (χ0n) is 7.09. The first-order chi connectivity index (χ1) is 6.42. The van der Waals surface area contributed by atoms with Crippen molar-refractivity contribution in [3.05, 3.63) is 48.0 Å². The summed E-state index contributed by atoms with van der Waals surface area (Å²) in [7, 11) is 0. The van der Waals surface area contributed by atoms with Crippen molar-refractivity contribution in [3.63, 3.8) is 0 Å². The van der Waals surface area contributed by atoms with Crippen molar-refractivity contribution in [2.75, 3.05) is 0 Å². The van der Waals surface area contributed by atoms with Crippen molar-refractivity contribution in [2.24, 2.45) is 0 Å². The molecule has 0 spiro atoms. The number of epoxide rings is 1. The molecule has 1 aromatic carbocycles. The second kappa shape index (κ2) is 3.54. The van der Waals surface area contributed by atoms with Gasteiger partial charge in [0, 0.05) is 0 Å². The first-order valence-electron chi connectivity index (χ1n) is 4.24. The molecule has 0 radical (unpaired) electrons. The van der Waals surface area contributed by atoms with E-state index in [1.54, 1.807) is 6.08 Å². The Hall–Kier alpha value is -1.41. The smallest absolute Gasteiger partial charge is 0.142 e. The lowest BCUT2D eigenvalue weighted by molar-refractivity contribution is -0.104. The molecule has 2 atom stereocenters. The number of ether oxygens (including phenoxy) is 1. The van der Waals surface area contributed by atoms with Crippen LogP contribution >= 0.6 is 0 Å². The number of benzene rings is 1. The number of allylic oxidation sites excluding steroid dienone is 1. The quantitative estimate of drug-likeness (QED) is 0.398. The highest BCUT2D eigenvalue weighted by molar-refractivity contribution is 5.65. The molecule has 1 fully saturated rings. The largest absolute Gasteiger partial charge is 0.360 e. The van der Waals surface area contributed by atoms with Crippen molar-refractivity contribution in [3.8, 4) is 0 Å². The summed E-state index contributed by atoms with van der Waals surface area (Å²) < 4.78 is 5.36. The van der Waals surface area contributed by atoms with Crippen LogP contribution in [-0.2, 0) is 9.53 Å². The van der Waals surface area contributed by atoms with Crippen LogP contribution in [0.2, 0.25) is 0 Å². The minimum absolute atomic E-state index is 0.0904. The molecule has 1 saturated heterocycles. The maximum atomic E-state index is 10.0. The summed E-state index contributed by atoms with van der Waals surface area (Å²) in [5.41, 5.74) is 1.17. The normalized spacial score (nSPS) is 26.2. The SMILES string of the molecule is O=C/C=C/[C@@H]1O[C@H]1c1ccccc1. The minimum atomic E-state index is 0.0904. The van der Waals surface area contributed by atoms with E-state index in [1.165, 1.54) is 11.6 Å². The third kappa shape index (κ3) is 1.84. The molecule has 2 nitrogen and oxygen atoms in total. The van der Waals surface area contributed by atoms with E-state index < -0.39 is 0 Å². The Morgan fingerprint density at radius 2 is 2.00 bits per heavy atom. The van der Waals surface area contributed by atoms with Crippen LogP contribution in [0.15, 0.2) is 42.5 Å². The fourth-order valence-corrected chi connectivity index (χ4v) is 1.34. The molecule has 0 N–H and O–H groups in total. The summed E-state index contributed by atoms with van der Waals surface area (Å²) in [5.74, 6) is 0. The van der Waals surface area contributed by atoms with Crippen LogP contribution in [0.4, 0.5) is 0 Å².